The van der Waals surface area contributed by atoms with Gasteiger partial charge in [0.2, 0.25) is 0 Å². The Morgan fingerprint density at radius 3 is 2.65 bits per heavy atom. The van der Waals surface area contributed by atoms with E-state index in [2.05, 4.69) is 6.08 Å². The Morgan fingerprint density at radius 1 is 1.16 bits per heavy atom. The molecule has 7 unspecified atom stereocenters. The summed E-state index contributed by atoms with van der Waals surface area (Å²) in [5, 5.41) is 12.5. The van der Waals surface area contributed by atoms with Gasteiger partial charge in [-0.3, -0.25) is 14.4 Å². The number of carbonyl (C=O) groups is 3. The van der Waals surface area contributed by atoms with Crippen molar-refractivity contribution in [3.8, 4) is 0 Å². The molecule has 7 atom stereocenters. The summed E-state index contributed by atoms with van der Waals surface area (Å²) in [5.74, 6) is -2.05. The van der Waals surface area contributed by atoms with Crippen LogP contribution in [0.25, 0.3) is 0 Å². The molecule has 1 N–H and O–H groups in total. The normalized spacial score (nSPS) is 33.8. The van der Waals surface area contributed by atoms with E-state index >= 15 is 0 Å². The van der Waals surface area contributed by atoms with Crippen LogP contribution in [0.2, 0.25) is 0 Å². The van der Waals surface area contributed by atoms with Gasteiger partial charge >= 0.3 is 5.97 Å². The molecule has 1 fully saturated rings. The lowest BCUT2D eigenvalue weighted by Gasteiger charge is -2.43. The lowest BCUT2D eigenvalue weighted by Crippen LogP contribution is -2.54. The maximum absolute atomic E-state index is 13.8. The number of nitrogens with zero attached hydrogens (tertiary/aromatic N) is 1. The average Bonchev–Trinajstić information content (AvgIpc) is 3.17. The molecule has 0 aromatic carbocycles. The van der Waals surface area contributed by atoms with Crippen molar-refractivity contribution in [3.05, 3.63) is 46.5 Å². The van der Waals surface area contributed by atoms with Crippen molar-refractivity contribution in [2.24, 2.45) is 17.8 Å². The summed E-state index contributed by atoms with van der Waals surface area (Å²) in [7, 11) is 1.35. The molecule has 4 aliphatic rings. The van der Waals surface area contributed by atoms with Gasteiger partial charge in [-0.15, -0.1) is 0 Å². The zero-order valence-electron chi connectivity index (χ0n) is 21.1. The number of aliphatic hydroxyl groups excluding tert-OH is 1. The first-order valence-electron chi connectivity index (χ1n) is 13.1. The topological polar surface area (TPSA) is 93.1 Å². The van der Waals surface area contributed by atoms with Gasteiger partial charge in [0.1, 0.15) is 11.9 Å². The number of ether oxygens (including phenoxy) is 2. The second kappa shape index (κ2) is 12.7. The third-order valence-corrected chi connectivity index (χ3v) is 8.50. The zero-order valence-corrected chi connectivity index (χ0v) is 22.6. The van der Waals surface area contributed by atoms with E-state index in [1.165, 1.54) is 7.11 Å². The number of allylic oxidation sites excluding steroid dienone is 5. The fourth-order valence-corrected chi connectivity index (χ4v) is 6.42. The summed E-state index contributed by atoms with van der Waals surface area (Å²) >= 11 is 12.7. The van der Waals surface area contributed by atoms with Crippen molar-refractivity contribution in [1.29, 1.82) is 0 Å². The zero-order chi connectivity index (χ0) is 26.5. The summed E-state index contributed by atoms with van der Waals surface area (Å²) in [4.78, 5) is 40.7. The fourth-order valence-electron chi connectivity index (χ4n) is 6.01. The molecule has 1 heterocycles. The van der Waals surface area contributed by atoms with Gasteiger partial charge in [-0.2, -0.15) is 0 Å². The van der Waals surface area contributed by atoms with Crippen molar-refractivity contribution < 1.29 is 29.0 Å². The van der Waals surface area contributed by atoms with Crippen molar-refractivity contribution in [2.45, 2.75) is 75.7 Å². The molecule has 0 bridgehead atoms. The van der Waals surface area contributed by atoms with Crippen LogP contribution in [0, 0.1) is 17.8 Å². The molecule has 9 heteroatoms. The molecule has 7 nitrogen and oxygen atoms in total. The smallest absolute Gasteiger partial charge is 0.305 e. The Morgan fingerprint density at radius 2 is 1.97 bits per heavy atom. The standard InChI is InChI=1S/C28H35Cl2NO6/c1-36-23(32)8-5-15-37-22-14-13-20(30)16-21(22)31-25(17-9-11-19(29)12-10-17)24(27(34)28(31)35)26(33)18-6-3-2-4-7-18/h2-3,9,11-13,17-18,21-22,24-25,27,34H,4-8,10,14-16H2,1H3. The Hall–Kier alpha value is -1.93. The molecule has 37 heavy (non-hydrogen) atoms. The van der Waals surface area contributed by atoms with E-state index < -0.39 is 30.0 Å². The van der Waals surface area contributed by atoms with E-state index in [1.807, 2.05) is 24.3 Å². The number of hydrogen-bond donors (Lipinski definition) is 1. The third kappa shape index (κ3) is 6.39. The van der Waals surface area contributed by atoms with Crippen LogP contribution in [0.1, 0.15) is 51.4 Å². The highest BCUT2D eigenvalue weighted by molar-refractivity contribution is 6.31. The lowest BCUT2D eigenvalue weighted by molar-refractivity contribution is -0.143. The molecule has 202 valence electrons. The van der Waals surface area contributed by atoms with Gasteiger partial charge in [0.15, 0.2) is 0 Å². The number of likely N-dealkylation sites (tertiary alicyclic amines) is 1. The minimum atomic E-state index is -1.41. The predicted molar refractivity (Wildman–Crippen MR) is 141 cm³/mol. The van der Waals surface area contributed by atoms with E-state index in [4.69, 9.17) is 32.7 Å². The molecule has 0 spiro atoms. The molecular weight excluding hydrogens is 517 g/mol. The number of Topliss-reactive ketones (excluding diaryl/α,β-unsaturated/α-hetero) is 1. The van der Waals surface area contributed by atoms with Gasteiger partial charge in [-0.05, 0) is 44.6 Å². The molecule has 1 aliphatic heterocycles. The molecule has 4 rings (SSSR count). The second-order valence-corrected chi connectivity index (χ2v) is 11.1. The van der Waals surface area contributed by atoms with Crippen LogP contribution in [-0.4, -0.2) is 65.7 Å². The summed E-state index contributed by atoms with van der Waals surface area (Å²) in [5.41, 5.74) is 0. The second-order valence-electron chi connectivity index (χ2n) is 10.2. The lowest BCUT2D eigenvalue weighted by atomic mass is 9.75. The first-order chi connectivity index (χ1) is 17.8. The summed E-state index contributed by atoms with van der Waals surface area (Å²) < 4.78 is 10.9. The Labute approximate surface area is 228 Å². The van der Waals surface area contributed by atoms with Crippen molar-refractivity contribution in [3.63, 3.8) is 0 Å². The number of halogens is 2. The van der Waals surface area contributed by atoms with Crippen LogP contribution < -0.4 is 0 Å². The maximum Gasteiger partial charge on any atom is 0.305 e. The monoisotopic (exact) mass is 551 g/mol. The van der Waals surface area contributed by atoms with Crippen LogP contribution >= 0.6 is 23.2 Å². The fraction of sp³-hybridized carbons (Fsp3) is 0.607. The number of aliphatic hydroxyl groups is 1. The molecule has 0 aromatic heterocycles. The number of amides is 1. The highest BCUT2D eigenvalue weighted by Gasteiger charge is 2.57. The van der Waals surface area contributed by atoms with Gasteiger partial charge in [0.25, 0.3) is 5.91 Å². The molecule has 0 aromatic rings. The Balaban J connectivity index is 1.61. The number of carbonyl (C=O) groups excluding carboxylic acids is 3. The van der Waals surface area contributed by atoms with E-state index in [-0.39, 0.29) is 36.1 Å². The number of esters is 1. The minimum absolute atomic E-state index is 0.0558. The van der Waals surface area contributed by atoms with Gasteiger partial charge in [-0.1, -0.05) is 53.6 Å². The number of rotatable bonds is 9. The van der Waals surface area contributed by atoms with Crippen LogP contribution in [0.4, 0.5) is 0 Å². The number of hydrogen-bond acceptors (Lipinski definition) is 6. The highest BCUT2D eigenvalue weighted by Crippen LogP contribution is 2.43. The van der Waals surface area contributed by atoms with Gasteiger partial charge < -0.3 is 19.5 Å². The number of ketones is 1. The van der Waals surface area contributed by atoms with E-state index in [0.29, 0.717) is 48.8 Å². The summed E-state index contributed by atoms with van der Waals surface area (Å²) in [6.07, 6.45) is 14.1. The van der Waals surface area contributed by atoms with Gasteiger partial charge in [0, 0.05) is 41.3 Å². The van der Waals surface area contributed by atoms with Crippen molar-refractivity contribution >= 4 is 40.9 Å². The quantitative estimate of drug-likeness (QED) is 0.259. The van der Waals surface area contributed by atoms with Gasteiger partial charge in [-0.25, -0.2) is 0 Å². The van der Waals surface area contributed by atoms with Crippen molar-refractivity contribution in [2.75, 3.05) is 13.7 Å². The highest BCUT2D eigenvalue weighted by atomic mass is 35.5. The molecule has 0 saturated carbocycles. The first-order valence-corrected chi connectivity index (χ1v) is 13.8. The van der Waals surface area contributed by atoms with Crippen LogP contribution in [0.3, 0.4) is 0 Å². The molecule has 3 aliphatic carbocycles. The van der Waals surface area contributed by atoms with E-state index in [1.54, 1.807) is 11.0 Å². The Bertz CT molecular complexity index is 1000. The van der Waals surface area contributed by atoms with Crippen LogP contribution in [0.15, 0.2) is 46.5 Å². The van der Waals surface area contributed by atoms with Crippen molar-refractivity contribution in [1.82, 2.24) is 4.90 Å². The molecule has 1 amide bonds. The summed E-state index contributed by atoms with van der Waals surface area (Å²) in [6.45, 7) is 0.315. The first kappa shape index (κ1) is 28.1. The van der Waals surface area contributed by atoms with Gasteiger partial charge in [0.05, 0.1) is 31.2 Å². The summed E-state index contributed by atoms with van der Waals surface area (Å²) in [6, 6.07) is -0.978. The van der Waals surface area contributed by atoms with E-state index in [0.717, 1.165) is 12.8 Å². The third-order valence-electron chi connectivity index (χ3n) is 7.91. The average molecular weight is 552 g/mol. The largest absolute Gasteiger partial charge is 0.469 e. The van der Waals surface area contributed by atoms with Crippen LogP contribution in [0.5, 0.6) is 0 Å². The SMILES string of the molecule is COC(=O)CCCOC1CC=C(Cl)CC1N1C(=O)C(O)C(C(=O)C2CC=CCC2)C1C1C=CC(Cl)=CC1. The van der Waals surface area contributed by atoms with Crippen LogP contribution in [-0.2, 0) is 23.9 Å². The van der Waals surface area contributed by atoms with E-state index in [9.17, 15) is 19.5 Å². The minimum Gasteiger partial charge on any atom is -0.469 e. The molecule has 1 saturated heterocycles. The molecular formula is C28H35Cl2NO6. The predicted octanol–water partition coefficient (Wildman–Crippen LogP) is 4.42. The Kier molecular flexibility index (Phi) is 9.67. The molecule has 0 radical (unpaired) electrons. The number of methoxy groups -OCH3 is 1. The maximum atomic E-state index is 13.8.